The first-order chi connectivity index (χ1) is 7.86. The molecule has 1 aromatic carbocycles. The molecule has 2 nitrogen and oxygen atoms in total. The second-order valence-electron chi connectivity index (χ2n) is 2.95. The first-order valence-electron chi connectivity index (χ1n) is 4.95. The van der Waals surface area contributed by atoms with Gasteiger partial charge < -0.3 is 0 Å². The minimum Gasteiger partial charge on any atom is -0.151 e. The molecule has 0 aromatic heterocycles. The summed E-state index contributed by atoms with van der Waals surface area (Å²) in [5.74, 6) is 0. The highest BCUT2D eigenvalue weighted by molar-refractivity contribution is 5.35. The van der Waals surface area contributed by atoms with Crippen LogP contribution < -0.4 is 0 Å². The molecule has 0 heterocycles. The molecule has 0 bridgehead atoms. The maximum Gasteiger partial charge on any atom is 0.0857 e. The summed E-state index contributed by atoms with van der Waals surface area (Å²) in [5, 5.41) is 8.15. The molecule has 1 aromatic rings. The van der Waals surface area contributed by atoms with E-state index in [2.05, 4.69) is 23.4 Å². The summed E-state index contributed by atoms with van der Waals surface area (Å²) >= 11 is 0. The highest BCUT2D eigenvalue weighted by Crippen LogP contribution is 2.12. The van der Waals surface area contributed by atoms with Crippen LogP contribution in [0.15, 0.2) is 89.8 Å². The van der Waals surface area contributed by atoms with Gasteiger partial charge in [0, 0.05) is 0 Å². The van der Waals surface area contributed by atoms with Crippen molar-refractivity contribution in [3.05, 3.63) is 79.6 Å². The van der Waals surface area contributed by atoms with Crippen molar-refractivity contribution in [3.63, 3.8) is 0 Å². The van der Waals surface area contributed by atoms with Crippen molar-refractivity contribution in [2.45, 2.75) is 0 Å². The molecule has 0 aliphatic heterocycles. The van der Waals surface area contributed by atoms with Gasteiger partial charge in [-0.1, -0.05) is 49.6 Å². The second-order valence-corrected chi connectivity index (χ2v) is 2.95. The Bertz CT molecular complexity index is 425. The fourth-order valence-electron chi connectivity index (χ4n) is 0.985. The third kappa shape index (κ3) is 4.33. The molecule has 0 saturated heterocycles. The van der Waals surface area contributed by atoms with Crippen molar-refractivity contribution in [2.24, 2.45) is 10.2 Å². The first kappa shape index (κ1) is 11.9. The van der Waals surface area contributed by atoms with E-state index in [-0.39, 0.29) is 0 Å². The molecule has 2 heteroatoms. The van der Waals surface area contributed by atoms with Crippen LogP contribution in [0.25, 0.3) is 0 Å². The number of allylic oxidation sites excluding steroid dienone is 5. The Morgan fingerprint density at radius 1 is 1.06 bits per heavy atom. The Hall–Kier alpha value is -2.22. The molecule has 1 rings (SSSR count). The number of hydrogen-bond acceptors (Lipinski definition) is 2. The smallest absolute Gasteiger partial charge is 0.0857 e. The summed E-state index contributed by atoms with van der Waals surface area (Å²) in [7, 11) is 0. The Labute approximate surface area is 96.0 Å². The van der Waals surface area contributed by atoms with E-state index in [9.17, 15) is 0 Å². The zero-order valence-corrected chi connectivity index (χ0v) is 9.08. The lowest BCUT2D eigenvalue weighted by Gasteiger charge is -1.91. The molecule has 16 heavy (non-hydrogen) atoms. The van der Waals surface area contributed by atoms with Crippen LogP contribution in [0.1, 0.15) is 0 Å². The highest BCUT2D eigenvalue weighted by atomic mass is 15.1. The molecule has 0 amide bonds. The summed E-state index contributed by atoms with van der Waals surface area (Å²) in [4.78, 5) is 0. The van der Waals surface area contributed by atoms with Crippen LogP contribution >= 0.6 is 0 Å². The molecule has 80 valence electrons. The first-order valence-corrected chi connectivity index (χ1v) is 4.95. The Balaban J connectivity index is 2.74. The van der Waals surface area contributed by atoms with E-state index < -0.39 is 0 Å². The van der Waals surface area contributed by atoms with Gasteiger partial charge in [-0.3, -0.25) is 0 Å². The third-order valence-corrected chi connectivity index (χ3v) is 1.76. The predicted octanol–water partition coefficient (Wildman–Crippen LogP) is 4.58. The van der Waals surface area contributed by atoms with Gasteiger partial charge in [0.25, 0.3) is 0 Å². The monoisotopic (exact) mass is 210 g/mol. The Kier molecular flexibility index (Phi) is 5.28. The van der Waals surface area contributed by atoms with Gasteiger partial charge >= 0.3 is 0 Å². The number of azo groups is 1. The third-order valence-electron chi connectivity index (χ3n) is 1.76. The fourth-order valence-corrected chi connectivity index (χ4v) is 0.985. The maximum atomic E-state index is 4.08. The van der Waals surface area contributed by atoms with Gasteiger partial charge in [0.05, 0.1) is 11.4 Å². The molecule has 0 saturated carbocycles. The normalized spacial score (nSPS) is 12.1. The molecular weight excluding hydrogens is 196 g/mol. The Morgan fingerprint density at radius 3 is 2.44 bits per heavy atom. The van der Waals surface area contributed by atoms with E-state index in [1.165, 1.54) is 0 Å². The Morgan fingerprint density at radius 2 is 1.81 bits per heavy atom. The topological polar surface area (TPSA) is 24.7 Å². The number of hydrogen-bond donors (Lipinski definition) is 0. The summed E-state index contributed by atoms with van der Waals surface area (Å²) in [6.07, 6.45) is 8.84. The molecular formula is C14H14N2. The minimum absolute atomic E-state index is 0.710. The SMILES string of the molecule is C=C/C=C\C=C(/C=C)N=Nc1ccccc1. The number of rotatable bonds is 5. The lowest BCUT2D eigenvalue weighted by molar-refractivity contribution is 1.17. The van der Waals surface area contributed by atoms with Crippen molar-refractivity contribution in [1.29, 1.82) is 0 Å². The lowest BCUT2D eigenvalue weighted by Crippen LogP contribution is -1.68. The van der Waals surface area contributed by atoms with Gasteiger partial charge in [-0.25, -0.2) is 0 Å². The average molecular weight is 210 g/mol. The molecule has 0 aliphatic rings. The van der Waals surface area contributed by atoms with E-state index in [1.807, 2.05) is 48.6 Å². The van der Waals surface area contributed by atoms with Crippen molar-refractivity contribution < 1.29 is 0 Å². The van der Waals surface area contributed by atoms with Gasteiger partial charge in [-0.2, -0.15) is 10.2 Å². The minimum atomic E-state index is 0.710. The second kappa shape index (κ2) is 7.12. The highest BCUT2D eigenvalue weighted by Gasteiger charge is 1.87. The van der Waals surface area contributed by atoms with E-state index >= 15 is 0 Å². The van der Waals surface area contributed by atoms with Crippen LogP contribution in [0, 0.1) is 0 Å². The van der Waals surface area contributed by atoms with Gasteiger partial charge in [0.15, 0.2) is 0 Å². The van der Waals surface area contributed by atoms with Crippen LogP contribution in [-0.2, 0) is 0 Å². The summed E-state index contributed by atoms with van der Waals surface area (Å²) in [6, 6.07) is 9.57. The zero-order valence-electron chi connectivity index (χ0n) is 9.08. The fraction of sp³-hybridized carbons (Fsp3) is 0. The standard InChI is InChI=1S/C14H14N2/c1-3-5-7-10-13(4-2)15-16-14-11-8-6-9-12-14/h3-12H,1-2H2/b7-5-,13-10+,16-15?. The number of benzene rings is 1. The summed E-state index contributed by atoms with van der Waals surface area (Å²) < 4.78 is 0. The van der Waals surface area contributed by atoms with Crippen molar-refractivity contribution >= 4 is 5.69 Å². The molecule has 0 radical (unpaired) electrons. The largest absolute Gasteiger partial charge is 0.151 e. The van der Waals surface area contributed by atoms with Crippen LogP contribution in [0.3, 0.4) is 0 Å². The van der Waals surface area contributed by atoms with Crippen LogP contribution in [0.4, 0.5) is 5.69 Å². The van der Waals surface area contributed by atoms with E-state index in [1.54, 1.807) is 12.2 Å². The van der Waals surface area contributed by atoms with Crippen molar-refractivity contribution in [1.82, 2.24) is 0 Å². The summed E-state index contributed by atoms with van der Waals surface area (Å²) in [5.41, 5.74) is 1.53. The molecule has 0 unspecified atom stereocenters. The van der Waals surface area contributed by atoms with E-state index in [4.69, 9.17) is 0 Å². The quantitative estimate of drug-likeness (QED) is 0.502. The van der Waals surface area contributed by atoms with Gasteiger partial charge in [0.1, 0.15) is 0 Å². The van der Waals surface area contributed by atoms with Crippen LogP contribution in [0.2, 0.25) is 0 Å². The van der Waals surface area contributed by atoms with E-state index in [0.29, 0.717) is 5.70 Å². The maximum absolute atomic E-state index is 4.08. The molecule has 0 fully saturated rings. The molecule has 0 atom stereocenters. The van der Waals surface area contributed by atoms with Crippen molar-refractivity contribution in [3.8, 4) is 0 Å². The molecule has 0 aliphatic carbocycles. The van der Waals surface area contributed by atoms with Crippen molar-refractivity contribution in [2.75, 3.05) is 0 Å². The zero-order chi connectivity index (χ0) is 11.6. The van der Waals surface area contributed by atoms with Crippen LogP contribution in [0.5, 0.6) is 0 Å². The average Bonchev–Trinajstić information content (AvgIpc) is 2.35. The van der Waals surface area contributed by atoms with E-state index in [0.717, 1.165) is 5.69 Å². The van der Waals surface area contributed by atoms with Gasteiger partial charge in [0.2, 0.25) is 0 Å². The lowest BCUT2D eigenvalue weighted by atomic mass is 10.3. The number of nitrogens with zero attached hydrogens (tertiary/aromatic N) is 2. The summed E-state index contributed by atoms with van der Waals surface area (Å²) in [6.45, 7) is 7.25. The van der Waals surface area contributed by atoms with Gasteiger partial charge in [-0.15, -0.1) is 0 Å². The predicted molar refractivity (Wildman–Crippen MR) is 68.6 cm³/mol. The van der Waals surface area contributed by atoms with Gasteiger partial charge in [-0.05, 0) is 24.3 Å². The molecule has 0 spiro atoms. The molecule has 0 N–H and O–H groups in total. The van der Waals surface area contributed by atoms with Crippen LogP contribution in [-0.4, -0.2) is 0 Å².